The van der Waals surface area contributed by atoms with Gasteiger partial charge in [0, 0.05) is 18.0 Å². The minimum absolute atomic E-state index is 0.363. The van der Waals surface area contributed by atoms with Crippen LogP contribution in [0.1, 0.15) is 45.2 Å². The van der Waals surface area contributed by atoms with Crippen molar-refractivity contribution in [2.24, 2.45) is 0 Å². The van der Waals surface area contributed by atoms with Gasteiger partial charge in [0.1, 0.15) is 5.75 Å². The van der Waals surface area contributed by atoms with Gasteiger partial charge in [0.2, 0.25) is 0 Å². The molecule has 108 valence electrons. The molecule has 0 aromatic carbocycles. The van der Waals surface area contributed by atoms with Gasteiger partial charge in [-0.2, -0.15) is 11.8 Å². The summed E-state index contributed by atoms with van der Waals surface area (Å²) in [6, 6.07) is 2.48. The molecule has 1 aromatic rings. The summed E-state index contributed by atoms with van der Waals surface area (Å²) in [5.41, 5.74) is 1.23. The van der Waals surface area contributed by atoms with Crippen molar-refractivity contribution < 1.29 is 4.74 Å². The van der Waals surface area contributed by atoms with Crippen molar-refractivity contribution in [1.82, 2.24) is 10.3 Å². The fourth-order valence-corrected chi connectivity index (χ4v) is 2.53. The Hall–Kier alpha value is -0.740. The number of aromatic nitrogens is 1. The Bertz CT molecular complexity index is 339. The molecule has 4 heteroatoms. The molecule has 19 heavy (non-hydrogen) atoms. The van der Waals surface area contributed by atoms with Crippen LogP contribution in [0.3, 0.4) is 0 Å². The molecule has 0 fully saturated rings. The van der Waals surface area contributed by atoms with E-state index in [-0.39, 0.29) is 0 Å². The van der Waals surface area contributed by atoms with Gasteiger partial charge in [-0.15, -0.1) is 0 Å². The molecular weight excluding hydrogens is 256 g/mol. The van der Waals surface area contributed by atoms with Crippen molar-refractivity contribution in [1.29, 1.82) is 0 Å². The normalized spacial score (nSPS) is 12.4. The van der Waals surface area contributed by atoms with Crippen LogP contribution in [0.5, 0.6) is 5.75 Å². The lowest BCUT2D eigenvalue weighted by Crippen LogP contribution is -2.24. The lowest BCUT2D eigenvalue weighted by molar-refractivity contribution is 0.315. The van der Waals surface area contributed by atoms with E-state index in [1.165, 1.54) is 5.56 Å². The zero-order chi connectivity index (χ0) is 13.9. The minimum Gasteiger partial charge on any atom is -0.492 e. The van der Waals surface area contributed by atoms with Crippen LogP contribution in [0, 0.1) is 0 Å². The zero-order valence-corrected chi connectivity index (χ0v) is 13.1. The van der Waals surface area contributed by atoms with Crippen LogP contribution in [0.25, 0.3) is 0 Å². The van der Waals surface area contributed by atoms with Gasteiger partial charge < -0.3 is 10.1 Å². The van der Waals surface area contributed by atoms with Gasteiger partial charge in [0.05, 0.1) is 12.8 Å². The standard InChI is InChI=1S/C15H26N2OS/c1-4-7-17-15(12-19-6-3)13-9-14(11-16-10-13)18-8-5-2/h9-11,15,17H,4-8,12H2,1-3H3. The molecule has 0 saturated heterocycles. The Morgan fingerprint density at radius 1 is 1.26 bits per heavy atom. The van der Waals surface area contributed by atoms with Gasteiger partial charge in [-0.1, -0.05) is 20.8 Å². The molecule has 1 aromatic heterocycles. The summed E-state index contributed by atoms with van der Waals surface area (Å²) in [5.74, 6) is 3.10. The summed E-state index contributed by atoms with van der Waals surface area (Å²) in [4.78, 5) is 4.30. The van der Waals surface area contributed by atoms with Crippen molar-refractivity contribution in [2.75, 3.05) is 24.7 Å². The van der Waals surface area contributed by atoms with Crippen molar-refractivity contribution in [2.45, 2.75) is 39.7 Å². The van der Waals surface area contributed by atoms with E-state index in [2.05, 4.69) is 37.1 Å². The molecule has 1 heterocycles. The second kappa shape index (κ2) is 10.1. The van der Waals surface area contributed by atoms with Gasteiger partial charge in [-0.25, -0.2) is 0 Å². The van der Waals surface area contributed by atoms with Gasteiger partial charge in [0.25, 0.3) is 0 Å². The first-order chi connectivity index (χ1) is 9.31. The number of rotatable bonds is 10. The highest BCUT2D eigenvalue weighted by atomic mass is 32.2. The molecule has 0 spiro atoms. The fraction of sp³-hybridized carbons (Fsp3) is 0.667. The second-order valence-corrected chi connectivity index (χ2v) is 5.79. The molecule has 1 atom stereocenters. The average molecular weight is 282 g/mol. The van der Waals surface area contributed by atoms with Crippen LogP contribution < -0.4 is 10.1 Å². The van der Waals surface area contributed by atoms with Crippen LogP contribution >= 0.6 is 11.8 Å². The highest BCUT2D eigenvalue weighted by Crippen LogP contribution is 2.21. The fourth-order valence-electron chi connectivity index (χ4n) is 1.75. The minimum atomic E-state index is 0.363. The molecule has 0 saturated carbocycles. The van der Waals surface area contributed by atoms with E-state index in [1.807, 2.05) is 18.0 Å². The Kier molecular flexibility index (Phi) is 8.67. The molecule has 1 N–H and O–H groups in total. The van der Waals surface area contributed by atoms with Gasteiger partial charge in [-0.05, 0) is 36.8 Å². The third-order valence-corrected chi connectivity index (χ3v) is 3.72. The quantitative estimate of drug-likeness (QED) is 0.710. The van der Waals surface area contributed by atoms with E-state index >= 15 is 0 Å². The smallest absolute Gasteiger partial charge is 0.137 e. The Morgan fingerprint density at radius 2 is 2.11 bits per heavy atom. The molecule has 0 aliphatic heterocycles. The molecule has 0 aliphatic carbocycles. The molecule has 0 amide bonds. The summed E-state index contributed by atoms with van der Waals surface area (Å²) in [6.45, 7) is 8.29. The lowest BCUT2D eigenvalue weighted by atomic mass is 10.1. The van der Waals surface area contributed by atoms with Crippen LogP contribution in [0.2, 0.25) is 0 Å². The van der Waals surface area contributed by atoms with Crippen molar-refractivity contribution >= 4 is 11.8 Å². The number of hydrogen-bond donors (Lipinski definition) is 1. The third kappa shape index (κ3) is 6.30. The number of nitrogens with one attached hydrogen (secondary N) is 1. The van der Waals surface area contributed by atoms with E-state index in [0.717, 1.165) is 43.2 Å². The first-order valence-electron chi connectivity index (χ1n) is 7.20. The summed E-state index contributed by atoms with van der Waals surface area (Å²) < 4.78 is 5.66. The van der Waals surface area contributed by atoms with Crippen LogP contribution in [0.4, 0.5) is 0 Å². The predicted octanol–water partition coefficient (Wildman–Crippen LogP) is 3.66. The monoisotopic (exact) mass is 282 g/mol. The van der Waals surface area contributed by atoms with Crippen LogP contribution in [-0.4, -0.2) is 29.6 Å². The van der Waals surface area contributed by atoms with E-state index in [1.54, 1.807) is 6.20 Å². The highest BCUT2D eigenvalue weighted by Gasteiger charge is 2.11. The third-order valence-electron chi connectivity index (χ3n) is 2.74. The van der Waals surface area contributed by atoms with E-state index in [0.29, 0.717) is 6.04 Å². The predicted molar refractivity (Wildman–Crippen MR) is 84.1 cm³/mol. The molecule has 1 rings (SSSR count). The van der Waals surface area contributed by atoms with Crippen molar-refractivity contribution in [3.63, 3.8) is 0 Å². The molecule has 0 radical (unpaired) electrons. The zero-order valence-electron chi connectivity index (χ0n) is 12.3. The first kappa shape index (κ1) is 16.3. The summed E-state index contributed by atoms with van der Waals surface area (Å²) in [7, 11) is 0. The van der Waals surface area contributed by atoms with Gasteiger partial charge >= 0.3 is 0 Å². The highest BCUT2D eigenvalue weighted by molar-refractivity contribution is 7.99. The van der Waals surface area contributed by atoms with Crippen molar-refractivity contribution in [3.05, 3.63) is 24.0 Å². The maximum Gasteiger partial charge on any atom is 0.137 e. The van der Waals surface area contributed by atoms with Crippen LogP contribution in [0.15, 0.2) is 18.5 Å². The maximum atomic E-state index is 5.66. The molecule has 3 nitrogen and oxygen atoms in total. The second-order valence-electron chi connectivity index (χ2n) is 4.47. The number of ether oxygens (including phenoxy) is 1. The summed E-state index contributed by atoms with van der Waals surface area (Å²) in [5, 5.41) is 3.59. The van der Waals surface area contributed by atoms with E-state index in [4.69, 9.17) is 4.74 Å². The van der Waals surface area contributed by atoms with Gasteiger partial charge in [0.15, 0.2) is 0 Å². The number of pyridine rings is 1. The molecule has 0 bridgehead atoms. The SMILES string of the molecule is CCCNC(CSCC)c1cncc(OCCC)c1. The van der Waals surface area contributed by atoms with Crippen molar-refractivity contribution in [3.8, 4) is 5.75 Å². The summed E-state index contributed by atoms with van der Waals surface area (Å²) >= 11 is 1.95. The topological polar surface area (TPSA) is 34.2 Å². The Morgan fingerprint density at radius 3 is 2.79 bits per heavy atom. The number of hydrogen-bond acceptors (Lipinski definition) is 4. The maximum absolute atomic E-state index is 5.66. The number of nitrogens with zero attached hydrogens (tertiary/aromatic N) is 1. The van der Waals surface area contributed by atoms with Gasteiger partial charge in [-0.3, -0.25) is 4.98 Å². The molecule has 0 aliphatic rings. The largest absolute Gasteiger partial charge is 0.492 e. The first-order valence-corrected chi connectivity index (χ1v) is 8.36. The number of thioether (sulfide) groups is 1. The molecule has 1 unspecified atom stereocenters. The van der Waals surface area contributed by atoms with E-state index < -0.39 is 0 Å². The molecular formula is C15H26N2OS. The Labute approximate surface area is 121 Å². The van der Waals surface area contributed by atoms with E-state index in [9.17, 15) is 0 Å². The summed E-state index contributed by atoms with van der Waals surface area (Å²) in [6.07, 6.45) is 5.91. The van der Waals surface area contributed by atoms with Crippen LogP contribution in [-0.2, 0) is 0 Å². The average Bonchev–Trinajstić information content (AvgIpc) is 2.45. The Balaban J connectivity index is 2.69. The lowest BCUT2D eigenvalue weighted by Gasteiger charge is -2.18.